The molecule has 7 heteroatoms. The van der Waals surface area contributed by atoms with E-state index in [4.69, 9.17) is 16.3 Å². The van der Waals surface area contributed by atoms with Crippen LogP contribution < -0.4 is 4.74 Å². The van der Waals surface area contributed by atoms with Crippen LogP contribution in [0.4, 0.5) is 4.39 Å². The minimum atomic E-state index is -3.93. The number of hydrogen-bond donors (Lipinski definition) is 0. The van der Waals surface area contributed by atoms with Gasteiger partial charge in [0.2, 0.25) is 9.84 Å². The SMILES string of the molecule is COc1ccc(S(=O)(=O)c2cc3cc(F)ccc3nc2-c2ccc(Cl)cc2)cc1. The molecule has 0 atom stereocenters. The van der Waals surface area contributed by atoms with Crippen molar-refractivity contribution in [2.45, 2.75) is 9.79 Å². The number of nitrogens with zero attached hydrogens (tertiary/aromatic N) is 1. The van der Waals surface area contributed by atoms with Crippen LogP contribution in [0.2, 0.25) is 5.02 Å². The zero-order chi connectivity index (χ0) is 20.6. The van der Waals surface area contributed by atoms with Gasteiger partial charge >= 0.3 is 0 Å². The second-order valence-electron chi connectivity index (χ2n) is 6.36. The molecule has 3 aromatic carbocycles. The summed E-state index contributed by atoms with van der Waals surface area (Å²) in [6.45, 7) is 0. The third-order valence-corrected chi connectivity index (χ3v) is 6.55. The summed E-state index contributed by atoms with van der Waals surface area (Å²) >= 11 is 5.97. The first-order valence-electron chi connectivity index (χ1n) is 8.64. The molecule has 0 spiro atoms. The van der Waals surface area contributed by atoms with Gasteiger partial charge in [0.1, 0.15) is 11.6 Å². The van der Waals surface area contributed by atoms with E-state index in [1.165, 1.54) is 43.5 Å². The predicted molar refractivity (Wildman–Crippen MR) is 111 cm³/mol. The van der Waals surface area contributed by atoms with Crippen molar-refractivity contribution >= 4 is 32.3 Å². The molecule has 0 saturated carbocycles. The fourth-order valence-corrected chi connectivity index (χ4v) is 4.60. The van der Waals surface area contributed by atoms with Crippen LogP contribution in [-0.2, 0) is 9.84 Å². The van der Waals surface area contributed by atoms with Gasteiger partial charge in [-0.1, -0.05) is 23.7 Å². The molecule has 0 amide bonds. The molecule has 0 fully saturated rings. The Hall–Kier alpha value is -2.96. The molecule has 0 bridgehead atoms. The van der Waals surface area contributed by atoms with E-state index in [-0.39, 0.29) is 15.5 Å². The number of fused-ring (bicyclic) bond motifs is 1. The highest BCUT2D eigenvalue weighted by atomic mass is 35.5. The van der Waals surface area contributed by atoms with Crippen LogP contribution in [-0.4, -0.2) is 20.5 Å². The Balaban J connectivity index is 1.99. The average molecular weight is 428 g/mol. The Kier molecular flexibility index (Phi) is 4.98. The molecule has 29 heavy (non-hydrogen) atoms. The summed E-state index contributed by atoms with van der Waals surface area (Å²) in [6, 6.07) is 18.3. The van der Waals surface area contributed by atoms with Crippen molar-refractivity contribution in [3.05, 3.63) is 83.6 Å². The molecule has 0 unspecified atom stereocenters. The minimum absolute atomic E-state index is 0.0110. The second-order valence-corrected chi connectivity index (χ2v) is 8.71. The molecule has 0 aliphatic heterocycles. The third kappa shape index (κ3) is 3.69. The summed E-state index contributed by atoms with van der Waals surface area (Å²) in [5.74, 6) is 0.0759. The summed E-state index contributed by atoms with van der Waals surface area (Å²) in [5.41, 5.74) is 1.36. The number of methoxy groups -OCH3 is 1. The van der Waals surface area contributed by atoms with Gasteiger partial charge in [0.25, 0.3) is 0 Å². The van der Waals surface area contributed by atoms with Gasteiger partial charge in [-0.2, -0.15) is 0 Å². The van der Waals surface area contributed by atoms with E-state index < -0.39 is 15.7 Å². The number of halogens is 2. The van der Waals surface area contributed by atoms with E-state index in [1.54, 1.807) is 36.4 Å². The normalized spacial score (nSPS) is 11.6. The fourth-order valence-electron chi connectivity index (χ4n) is 3.03. The maximum Gasteiger partial charge on any atom is 0.208 e. The van der Waals surface area contributed by atoms with Crippen LogP contribution in [0.25, 0.3) is 22.2 Å². The molecule has 0 radical (unpaired) electrons. The van der Waals surface area contributed by atoms with Gasteiger partial charge in [0, 0.05) is 16.0 Å². The molecule has 0 N–H and O–H groups in total. The molecular formula is C22H15ClFNO3S. The highest BCUT2D eigenvalue weighted by Crippen LogP contribution is 2.34. The zero-order valence-electron chi connectivity index (χ0n) is 15.3. The Morgan fingerprint density at radius 2 is 1.62 bits per heavy atom. The van der Waals surface area contributed by atoms with Crippen LogP contribution in [0, 0.1) is 5.82 Å². The van der Waals surface area contributed by atoms with E-state index in [0.717, 1.165) is 0 Å². The lowest BCUT2D eigenvalue weighted by Gasteiger charge is -2.13. The van der Waals surface area contributed by atoms with E-state index in [9.17, 15) is 12.8 Å². The van der Waals surface area contributed by atoms with Gasteiger partial charge in [-0.3, -0.25) is 0 Å². The Morgan fingerprint density at radius 3 is 2.28 bits per heavy atom. The van der Waals surface area contributed by atoms with Crippen LogP contribution in [0.3, 0.4) is 0 Å². The Labute approximate surface area is 172 Å². The van der Waals surface area contributed by atoms with Crippen molar-refractivity contribution in [1.29, 1.82) is 0 Å². The van der Waals surface area contributed by atoms with Crippen molar-refractivity contribution in [3.63, 3.8) is 0 Å². The van der Waals surface area contributed by atoms with Crippen LogP contribution >= 0.6 is 11.6 Å². The summed E-state index contributed by atoms with van der Waals surface area (Å²) in [6.07, 6.45) is 0. The van der Waals surface area contributed by atoms with Gasteiger partial charge in [0.05, 0.1) is 28.1 Å². The van der Waals surface area contributed by atoms with E-state index in [2.05, 4.69) is 4.98 Å². The van der Waals surface area contributed by atoms with Crippen molar-refractivity contribution in [3.8, 4) is 17.0 Å². The van der Waals surface area contributed by atoms with Crippen molar-refractivity contribution in [2.24, 2.45) is 0 Å². The standard InChI is InChI=1S/C22H15ClFNO3S/c1-28-18-7-9-19(10-8-18)29(26,27)21-13-15-12-17(24)6-11-20(15)25-22(21)14-2-4-16(23)5-3-14/h2-13H,1H3. The Morgan fingerprint density at radius 1 is 0.931 bits per heavy atom. The maximum absolute atomic E-state index is 13.7. The van der Waals surface area contributed by atoms with Crippen LogP contribution in [0.5, 0.6) is 5.75 Å². The molecular weight excluding hydrogens is 413 g/mol. The molecule has 1 aromatic heterocycles. The molecule has 0 saturated heterocycles. The Bertz CT molecular complexity index is 1300. The number of ether oxygens (including phenoxy) is 1. The number of rotatable bonds is 4. The first kappa shape index (κ1) is 19.4. The second kappa shape index (κ2) is 7.46. The van der Waals surface area contributed by atoms with Crippen molar-refractivity contribution < 1.29 is 17.5 Å². The number of pyridine rings is 1. The number of hydrogen-bond acceptors (Lipinski definition) is 4. The number of benzene rings is 3. The molecule has 0 aliphatic rings. The highest BCUT2D eigenvalue weighted by molar-refractivity contribution is 7.91. The van der Waals surface area contributed by atoms with Gasteiger partial charge in [-0.25, -0.2) is 17.8 Å². The molecule has 4 rings (SSSR count). The van der Waals surface area contributed by atoms with Crippen LogP contribution in [0.15, 0.2) is 82.6 Å². The first-order valence-corrected chi connectivity index (χ1v) is 10.5. The van der Waals surface area contributed by atoms with Crippen LogP contribution in [0.1, 0.15) is 0 Å². The van der Waals surface area contributed by atoms with Gasteiger partial charge in [-0.15, -0.1) is 0 Å². The highest BCUT2D eigenvalue weighted by Gasteiger charge is 2.24. The minimum Gasteiger partial charge on any atom is -0.497 e. The van der Waals surface area contributed by atoms with E-state index in [0.29, 0.717) is 27.2 Å². The summed E-state index contributed by atoms with van der Waals surface area (Å²) in [7, 11) is -2.43. The number of aromatic nitrogens is 1. The maximum atomic E-state index is 13.7. The lowest BCUT2D eigenvalue weighted by atomic mass is 10.1. The molecule has 1 heterocycles. The van der Waals surface area contributed by atoms with Gasteiger partial charge in [0.15, 0.2) is 0 Å². The average Bonchev–Trinajstić information content (AvgIpc) is 2.73. The molecule has 4 aromatic rings. The van der Waals surface area contributed by atoms with Crippen molar-refractivity contribution in [2.75, 3.05) is 7.11 Å². The van der Waals surface area contributed by atoms with Gasteiger partial charge < -0.3 is 4.74 Å². The smallest absolute Gasteiger partial charge is 0.208 e. The lowest BCUT2D eigenvalue weighted by Crippen LogP contribution is -2.06. The van der Waals surface area contributed by atoms with E-state index >= 15 is 0 Å². The zero-order valence-corrected chi connectivity index (χ0v) is 16.8. The lowest BCUT2D eigenvalue weighted by molar-refractivity contribution is 0.414. The molecule has 0 aliphatic carbocycles. The predicted octanol–water partition coefficient (Wildman–Crippen LogP) is 5.54. The summed E-state index contributed by atoms with van der Waals surface area (Å²) in [4.78, 5) is 4.61. The monoisotopic (exact) mass is 427 g/mol. The number of sulfone groups is 1. The first-order chi connectivity index (χ1) is 13.9. The fraction of sp³-hybridized carbons (Fsp3) is 0.0455. The quantitative estimate of drug-likeness (QED) is 0.429. The summed E-state index contributed by atoms with van der Waals surface area (Å²) < 4.78 is 45.7. The third-order valence-electron chi connectivity index (χ3n) is 4.52. The van der Waals surface area contributed by atoms with E-state index in [1.807, 2.05) is 0 Å². The largest absolute Gasteiger partial charge is 0.497 e. The summed E-state index contributed by atoms with van der Waals surface area (Å²) in [5, 5.41) is 0.922. The molecule has 4 nitrogen and oxygen atoms in total. The molecule has 146 valence electrons. The topological polar surface area (TPSA) is 56.3 Å². The van der Waals surface area contributed by atoms with Gasteiger partial charge in [-0.05, 0) is 60.7 Å². The van der Waals surface area contributed by atoms with Crippen molar-refractivity contribution in [1.82, 2.24) is 4.98 Å².